The van der Waals surface area contributed by atoms with E-state index in [4.69, 9.17) is 49.7 Å². The van der Waals surface area contributed by atoms with Crippen molar-refractivity contribution < 1.29 is 0 Å². The van der Waals surface area contributed by atoms with Crippen LogP contribution in [-0.2, 0) is 25.3 Å². The molecule has 7 heteroatoms. The molecule has 0 amide bonds. The first-order valence-corrected chi connectivity index (χ1v) is 10.7. The average Bonchev–Trinajstić information content (AvgIpc) is 2.53. The third-order valence-corrected chi connectivity index (χ3v) is 5.53. The van der Waals surface area contributed by atoms with Crippen molar-refractivity contribution in [3.8, 4) is 0 Å². The number of thiocarbonyl (C=S) groups is 2. The summed E-state index contributed by atoms with van der Waals surface area (Å²) >= 11 is 20.2. The van der Waals surface area contributed by atoms with Crippen LogP contribution in [0.5, 0.6) is 0 Å². The molecule has 4 atom stereocenters. The molecule has 0 aliphatic rings. The minimum absolute atomic E-state index is 0. The predicted molar refractivity (Wildman–Crippen MR) is 128 cm³/mol. The Kier molecular flexibility index (Phi) is 21.3. The molecule has 25 heavy (non-hydrogen) atoms. The maximum Gasteiger partial charge on any atom is 2.00 e. The molecule has 0 aliphatic heterocycles. The van der Waals surface area contributed by atoms with Crippen molar-refractivity contribution in [1.82, 2.24) is 9.80 Å². The molecule has 2 nitrogen and oxygen atoms in total. The Morgan fingerprint density at radius 2 is 0.800 bits per heavy atom. The van der Waals surface area contributed by atoms with Gasteiger partial charge in [-0.05, 0) is 53.4 Å². The zero-order valence-electron chi connectivity index (χ0n) is 17.2. The first-order chi connectivity index (χ1) is 11.1. The van der Waals surface area contributed by atoms with Crippen molar-refractivity contribution in [2.75, 3.05) is 0 Å². The molecule has 0 spiro atoms. The van der Waals surface area contributed by atoms with E-state index in [0.29, 0.717) is 32.8 Å². The Hall–Kier alpha value is 1.14. The molecule has 0 aromatic rings. The van der Waals surface area contributed by atoms with Gasteiger partial charge in [0.15, 0.2) is 0 Å². The molecule has 0 aromatic carbocycles. The van der Waals surface area contributed by atoms with Gasteiger partial charge in [-0.15, -0.1) is 0 Å². The largest absolute Gasteiger partial charge is 2.00 e. The topological polar surface area (TPSA) is 6.48 Å². The molecule has 0 aromatic heterocycles. The number of nitrogens with zero attached hydrogens (tertiary/aromatic N) is 2. The fourth-order valence-corrected chi connectivity index (χ4v) is 3.81. The van der Waals surface area contributed by atoms with E-state index in [-0.39, 0.29) is 27.3 Å². The Morgan fingerprint density at radius 1 is 0.640 bits per heavy atom. The van der Waals surface area contributed by atoms with Gasteiger partial charge >= 0.3 is 27.3 Å². The molecule has 0 N–H and O–H groups in total. The molecule has 0 saturated heterocycles. The summed E-state index contributed by atoms with van der Waals surface area (Å²) < 4.78 is 1.22. The molecule has 4 unspecified atom stereocenters. The van der Waals surface area contributed by atoms with E-state index in [1.54, 1.807) is 0 Å². The van der Waals surface area contributed by atoms with Crippen LogP contribution < -0.4 is 0 Å². The minimum atomic E-state index is 0. The van der Waals surface area contributed by atoms with Crippen molar-refractivity contribution in [2.24, 2.45) is 0 Å². The van der Waals surface area contributed by atoms with E-state index in [1.165, 1.54) is 0 Å². The Morgan fingerprint density at radius 3 is 0.880 bits per heavy atom. The zero-order chi connectivity index (χ0) is 19.4. The van der Waals surface area contributed by atoms with Crippen LogP contribution >= 0.6 is 24.4 Å². The molecule has 0 saturated carbocycles. The monoisotopic (exact) mass is 616 g/mol. The van der Waals surface area contributed by atoms with Gasteiger partial charge in [-0.3, -0.25) is 0 Å². The van der Waals surface area contributed by atoms with Crippen molar-refractivity contribution in [1.29, 1.82) is 0 Å². The van der Waals surface area contributed by atoms with Crippen LogP contribution in [0.1, 0.15) is 81.1 Å². The molecular weight excluding hydrogens is 580 g/mol. The van der Waals surface area contributed by atoms with E-state index >= 15 is 0 Å². The maximum absolute atomic E-state index is 5.04. The minimum Gasteiger partial charge on any atom is -0.411 e. The molecule has 0 heterocycles. The van der Waals surface area contributed by atoms with E-state index in [0.717, 1.165) is 25.7 Å². The van der Waals surface area contributed by atoms with Crippen LogP contribution in [0.4, 0.5) is 0 Å². The van der Waals surface area contributed by atoms with Crippen molar-refractivity contribution >= 4 is 85.6 Å². The molecule has 0 bridgehead atoms. The number of hydrogen-bond acceptors (Lipinski definition) is 4. The first-order valence-electron chi connectivity index (χ1n) is 9.07. The van der Waals surface area contributed by atoms with E-state index < -0.39 is 0 Å². The number of hydrogen-bond donors (Lipinski definition) is 0. The maximum atomic E-state index is 5.04. The third kappa shape index (κ3) is 12.3. The zero-order valence-corrected chi connectivity index (χ0v) is 24.3. The van der Waals surface area contributed by atoms with Gasteiger partial charge in [-0.1, -0.05) is 36.3 Å². The Bertz CT molecular complexity index is 315. The Balaban J connectivity index is -0.000000372. The second-order valence-electron chi connectivity index (χ2n) is 6.38. The van der Waals surface area contributed by atoms with Crippen LogP contribution in [0.15, 0.2) is 0 Å². The van der Waals surface area contributed by atoms with Crippen LogP contribution in [0.25, 0.3) is 0 Å². The summed E-state index contributed by atoms with van der Waals surface area (Å²) in [6, 6.07) is 1.91. The summed E-state index contributed by atoms with van der Waals surface area (Å²) in [6.45, 7) is 17.3. The average molecular weight is 616 g/mol. The molecule has 0 aliphatic carbocycles. The fraction of sp³-hybridized carbons (Fsp3) is 0.889. The summed E-state index contributed by atoms with van der Waals surface area (Å²) in [4.78, 5) is 4.31. The van der Waals surface area contributed by atoms with Crippen LogP contribution in [0.3, 0.4) is 0 Å². The van der Waals surface area contributed by atoms with Crippen molar-refractivity contribution in [3.05, 3.63) is 0 Å². The second-order valence-corrected chi connectivity index (χ2v) is 8.44. The van der Waals surface area contributed by atoms with Crippen molar-refractivity contribution in [2.45, 2.75) is 105 Å². The van der Waals surface area contributed by atoms with Crippen LogP contribution in [0, 0.1) is 0 Å². The summed E-state index contributed by atoms with van der Waals surface area (Å²) in [6.07, 6.45) is 4.39. The third-order valence-electron chi connectivity index (χ3n) is 4.68. The fourth-order valence-electron chi connectivity index (χ4n) is 2.38. The SMILES string of the molecule is CCC(C)N(C(=S)[S-])C(C)CC.CCC(C)N(C(=S)[S-])C(C)CC.[Pb+2]. The van der Waals surface area contributed by atoms with E-state index in [1.807, 2.05) is 0 Å². The predicted octanol–water partition coefficient (Wildman–Crippen LogP) is 5.05. The van der Waals surface area contributed by atoms with Crippen molar-refractivity contribution in [3.63, 3.8) is 0 Å². The van der Waals surface area contributed by atoms with Gasteiger partial charge in [-0.2, -0.15) is 0 Å². The quantitative estimate of drug-likeness (QED) is 0.213. The molecule has 0 rings (SSSR count). The molecule has 146 valence electrons. The van der Waals surface area contributed by atoms with Gasteiger partial charge < -0.3 is 59.5 Å². The summed E-state index contributed by atoms with van der Waals surface area (Å²) in [5.41, 5.74) is 0. The van der Waals surface area contributed by atoms with Gasteiger partial charge in [-0.25, -0.2) is 0 Å². The summed E-state index contributed by atoms with van der Waals surface area (Å²) in [7, 11) is 0. The smallest absolute Gasteiger partial charge is 0.411 e. The van der Waals surface area contributed by atoms with Gasteiger partial charge in [0.1, 0.15) is 0 Å². The van der Waals surface area contributed by atoms with E-state index in [9.17, 15) is 0 Å². The molecular formula is C18H36N2PbS4. The normalized spacial score (nSPS) is 14.7. The van der Waals surface area contributed by atoms with Gasteiger partial charge in [0, 0.05) is 24.2 Å². The molecule has 2 radical (unpaired) electrons. The van der Waals surface area contributed by atoms with Crippen LogP contribution in [0.2, 0.25) is 0 Å². The van der Waals surface area contributed by atoms with Gasteiger partial charge in [0.2, 0.25) is 0 Å². The second kappa shape index (κ2) is 17.3. The van der Waals surface area contributed by atoms with E-state index in [2.05, 4.69) is 65.2 Å². The number of rotatable bonds is 8. The van der Waals surface area contributed by atoms with Gasteiger partial charge in [0.05, 0.1) is 0 Å². The standard InChI is InChI=1S/2C9H19NS2.Pb/c2*1-5-7(3)10(9(11)12)8(4)6-2;/h2*7-8H,5-6H2,1-4H3,(H,11,12);/q;;+2/p-2. The Labute approximate surface area is 199 Å². The molecule has 0 fully saturated rings. The first kappa shape index (κ1) is 30.9. The van der Waals surface area contributed by atoms with Gasteiger partial charge in [0.25, 0.3) is 0 Å². The summed E-state index contributed by atoms with van der Waals surface area (Å²) in [5.74, 6) is 0. The summed E-state index contributed by atoms with van der Waals surface area (Å²) in [5, 5.41) is 0. The van der Waals surface area contributed by atoms with Crippen LogP contribution in [-0.4, -0.2) is 69.9 Å².